The van der Waals surface area contributed by atoms with Crippen LogP contribution in [0.15, 0.2) is 27.4 Å². The minimum absolute atomic E-state index is 0.0917. The molecule has 1 N–H and O–H groups in total. The lowest BCUT2D eigenvalue weighted by Crippen LogP contribution is -2.41. The van der Waals surface area contributed by atoms with Crippen LogP contribution in [0.4, 0.5) is 0 Å². The number of benzene rings is 1. The summed E-state index contributed by atoms with van der Waals surface area (Å²) in [5.41, 5.74) is 1.35. The van der Waals surface area contributed by atoms with Crippen LogP contribution in [-0.2, 0) is 7.05 Å². The van der Waals surface area contributed by atoms with Crippen molar-refractivity contribution in [2.75, 3.05) is 19.7 Å². The van der Waals surface area contributed by atoms with E-state index in [0.717, 1.165) is 12.8 Å². The summed E-state index contributed by atoms with van der Waals surface area (Å²) in [6, 6.07) is 5.18. The molecule has 0 saturated carbocycles. The Balaban J connectivity index is 1.98. The highest BCUT2D eigenvalue weighted by atomic mass is 16.4. The number of piperidine rings is 1. The maximum Gasteiger partial charge on any atom is 0.419 e. The van der Waals surface area contributed by atoms with Gasteiger partial charge in [-0.2, -0.15) is 0 Å². The number of hydrogen-bond donors (Lipinski definition) is 1. The van der Waals surface area contributed by atoms with Crippen molar-refractivity contribution in [3.8, 4) is 0 Å². The van der Waals surface area contributed by atoms with Gasteiger partial charge < -0.3 is 14.4 Å². The van der Waals surface area contributed by atoms with E-state index in [0.29, 0.717) is 29.8 Å². The predicted octanol–water partition coefficient (Wildman–Crippen LogP) is 0.976. The van der Waals surface area contributed by atoms with E-state index in [1.807, 2.05) is 0 Å². The van der Waals surface area contributed by atoms with E-state index in [9.17, 15) is 14.7 Å². The SMILES string of the molecule is Cn1c(=O)oc2c(C(=O)N3CCCC(CO)C3)cccc21. The second-order valence-electron chi connectivity index (χ2n) is 5.52. The van der Waals surface area contributed by atoms with Crippen molar-refractivity contribution >= 4 is 17.0 Å². The molecule has 1 fully saturated rings. The molecule has 0 spiro atoms. The van der Waals surface area contributed by atoms with Crippen LogP contribution in [0.25, 0.3) is 11.1 Å². The summed E-state index contributed by atoms with van der Waals surface area (Å²) in [4.78, 5) is 26.0. The summed E-state index contributed by atoms with van der Waals surface area (Å²) >= 11 is 0. The van der Waals surface area contributed by atoms with Crippen molar-refractivity contribution in [2.24, 2.45) is 13.0 Å². The highest BCUT2D eigenvalue weighted by Gasteiger charge is 2.26. The van der Waals surface area contributed by atoms with Gasteiger partial charge in [0.25, 0.3) is 5.91 Å². The molecule has 3 rings (SSSR count). The van der Waals surface area contributed by atoms with E-state index >= 15 is 0 Å². The normalized spacial score (nSPS) is 19.1. The van der Waals surface area contributed by atoms with Crippen molar-refractivity contribution in [2.45, 2.75) is 12.8 Å². The van der Waals surface area contributed by atoms with Gasteiger partial charge in [-0.1, -0.05) is 6.07 Å². The van der Waals surface area contributed by atoms with Crippen LogP contribution < -0.4 is 5.76 Å². The summed E-state index contributed by atoms with van der Waals surface area (Å²) in [6.07, 6.45) is 1.82. The van der Waals surface area contributed by atoms with Gasteiger partial charge in [0.05, 0.1) is 11.1 Å². The third-order valence-electron chi connectivity index (χ3n) is 4.11. The van der Waals surface area contributed by atoms with E-state index in [4.69, 9.17) is 4.42 Å². The first-order valence-electron chi connectivity index (χ1n) is 7.10. The molecule has 1 aliphatic heterocycles. The highest BCUT2D eigenvalue weighted by molar-refractivity contribution is 6.04. The summed E-state index contributed by atoms with van der Waals surface area (Å²) in [5.74, 6) is -0.491. The number of likely N-dealkylation sites (tertiary alicyclic amines) is 1. The quantitative estimate of drug-likeness (QED) is 0.894. The second-order valence-corrected chi connectivity index (χ2v) is 5.52. The van der Waals surface area contributed by atoms with Gasteiger partial charge in [-0.05, 0) is 30.9 Å². The zero-order valence-corrected chi connectivity index (χ0v) is 11.9. The molecular weight excluding hydrogens is 272 g/mol. The fraction of sp³-hybridized carbons (Fsp3) is 0.467. The highest BCUT2D eigenvalue weighted by Crippen LogP contribution is 2.22. The maximum absolute atomic E-state index is 12.7. The second kappa shape index (κ2) is 5.37. The van der Waals surface area contributed by atoms with Crippen LogP contribution in [0.2, 0.25) is 0 Å². The summed E-state index contributed by atoms with van der Waals surface area (Å²) in [7, 11) is 1.62. The topological polar surface area (TPSA) is 75.7 Å². The molecule has 1 amide bonds. The molecule has 1 aliphatic rings. The first-order chi connectivity index (χ1) is 10.1. The number of aliphatic hydroxyl groups is 1. The minimum atomic E-state index is -0.475. The van der Waals surface area contributed by atoms with Crippen molar-refractivity contribution in [3.63, 3.8) is 0 Å². The average molecular weight is 290 g/mol. The molecule has 0 radical (unpaired) electrons. The van der Waals surface area contributed by atoms with Crippen LogP contribution in [0.5, 0.6) is 0 Å². The fourth-order valence-corrected chi connectivity index (χ4v) is 2.89. The summed E-state index contributed by atoms with van der Waals surface area (Å²) in [6.45, 7) is 1.31. The molecule has 6 heteroatoms. The Bertz CT molecular complexity index is 731. The number of hydrogen-bond acceptors (Lipinski definition) is 4. The standard InChI is InChI=1S/C15H18N2O4/c1-16-12-6-2-5-11(13(12)21-15(16)20)14(19)17-7-3-4-10(8-17)9-18/h2,5-6,10,18H,3-4,7-9H2,1H3. The van der Waals surface area contributed by atoms with Gasteiger partial charge in [0.1, 0.15) is 0 Å². The third kappa shape index (κ3) is 2.35. The lowest BCUT2D eigenvalue weighted by Gasteiger charge is -2.31. The molecule has 2 aromatic rings. The van der Waals surface area contributed by atoms with Crippen molar-refractivity contribution in [1.82, 2.24) is 9.47 Å². The molecule has 1 aromatic heterocycles. The summed E-state index contributed by atoms with van der Waals surface area (Å²) < 4.78 is 6.59. The van der Waals surface area contributed by atoms with E-state index in [-0.39, 0.29) is 18.4 Å². The molecular formula is C15H18N2O4. The van der Waals surface area contributed by atoms with Gasteiger partial charge in [-0.15, -0.1) is 0 Å². The van der Waals surface area contributed by atoms with Gasteiger partial charge in [0.2, 0.25) is 0 Å². The van der Waals surface area contributed by atoms with Gasteiger partial charge >= 0.3 is 5.76 Å². The molecule has 1 atom stereocenters. The Kier molecular flexibility index (Phi) is 3.55. The molecule has 21 heavy (non-hydrogen) atoms. The first-order valence-corrected chi connectivity index (χ1v) is 7.10. The zero-order valence-electron chi connectivity index (χ0n) is 11.9. The largest absolute Gasteiger partial charge is 0.419 e. The lowest BCUT2D eigenvalue weighted by molar-refractivity contribution is 0.0621. The molecule has 112 valence electrons. The van der Waals surface area contributed by atoms with Crippen molar-refractivity contribution in [1.29, 1.82) is 0 Å². The van der Waals surface area contributed by atoms with Crippen LogP contribution >= 0.6 is 0 Å². The molecule has 1 unspecified atom stereocenters. The first kappa shape index (κ1) is 13.9. The number of nitrogens with zero attached hydrogens (tertiary/aromatic N) is 2. The van der Waals surface area contributed by atoms with Crippen LogP contribution in [0, 0.1) is 5.92 Å². The molecule has 0 bridgehead atoms. The number of aliphatic hydroxyl groups excluding tert-OH is 1. The average Bonchev–Trinajstić information content (AvgIpc) is 2.82. The minimum Gasteiger partial charge on any atom is -0.407 e. The van der Waals surface area contributed by atoms with Crippen LogP contribution in [0.1, 0.15) is 23.2 Å². The third-order valence-corrected chi connectivity index (χ3v) is 4.11. The zero-order chi connectivity index (χ0) is 15.0. The van der Waals surface area contributed by atoms with Crippen LogP contribution in [0.3, 0.4) is 0 Å². The van der Waals surface area contributed by atoms with Gasteiger partial charge in [-0.3, -0.25) is 9.36 Å². The molecule has 1 saturated heterocycles. The molecule has 6 nitrogen and oxygen atoms in total. The number of rotatable bonds is 2. The monoisotopic (exact) mass is 290 g/mol. The van der Waals surface area contributed by atoms with Crippen LogP contribution in [-0.4, -0.2) is 40.2 Å². The fourth-order valence-electron chi connectivity index (χ4n) is 2.89. The molecule has 0 aliphatic carbocycles. The summed E-state index contributed by atoms with van der Waals surface area (Å²) in [5, 5.41) is 9.27. The Labute approximate surface area is 121 Å². The predicted molar refractivity (Wildman–Crippen MR) is 77.2 cm³/mol. The Morgan fingerprint density at radius 1 is 1.48 bits per heavy atom. The smallest absolute Gasteiger partial charge is 0.407 e. The van der Waals surface area contributed by atoms with E-state index in [1.165, 1.54) is 4.57 Å². The van der Waals surface area contributed by atoms with Gasteiger partial charge in [0, 0.05) is 26.7 Å². The van der Waals surface area contributed by atoms with Gasteiger partial charge in [-0.25, -0.2) is 4.79 Å². The number of amides is 1. The van der Waals surface area contributed by atoms with Crippen molar-refractivity contribution in [3.05, 3.63) is 34.3 Å². The Hall–Kier alpha value is -2.08. The number of carbonyl (C=O) groups is 1. The number of aromatic nitrogens is 1. The number of para-hydroxylation sites is 1. The molecule has 1 aromatic carbocycles. The van der Waals surface area contributed by atoms with E-state index in [2.05, 4.69) is 0 Å². The number of oxazole rings is 1. The Morgan fingerprint density at radius 3 is 3.05 bits per heavy atom. The Morgan fingerprint density at radius 2 is 2.29 bits per heavy atom. The molecule has 2 heterocycles. The lowest BCUT2D eigenvalue weighted by atomic mass is 9.98. The van der Waals surface area contributed by atoms with Crippen molar-refractivity contribution < 1.29 is 14.3 Å². The van der Waals surface area contributed by atoms with E-state index < -0.39 is 5.76 Å². The number of carbonyl (C=O) groups excluding carboxylic acids is 1. The number of aryl methyl sites for hydroxylation is 1. The van der Waals surface area contributed by atoms with Gasteiger partial charge in [0.15, 0.2) is 5.58 Å². The van der Waals surface area contributed by atoms with E-state index in [1.54, 1.807) is 30.1 Å². The maximum atomic E-state index is 12.7. The number of fused-ring (bicyclic) bond motifs is 1.